The molecule has 13 nitrogen and oxygen atoms in total. The van der Waals surface area contributed by atoms with Crippen LogP contribution < -0.4 is 35.0 Å². The highest BCUT2D eigenvalue weighted by atomic mass is 79.9. The number of urea groups is 1. The molecule has 4 N–H and O–H groups in total. The van der Waals surface area contributed by atoms with Crippen LogP contribution in [-0.4, -0.2) is 63.6 Å². The van der Waals surface area contributed by atoms with E-state index in [1.54, 1.807) is 44.2 Å². The summed E-state index contributed by atoms with van der Waals surface area (Å²) < 4.78 is 27.9. The highest BCUT2D eigenvalue weighted by Crippen LogP contribution is 2.35. The molecule has 0 bridgehead atoms. The van der Waals surface area contributed by atoms with Gasteiger partial charge in [0.2, 0.25) is 0 Å². The van der Waals surface area contributed by atoms with Crippen molar-refractivity contribution in [1.29, 1.82) is 5.26 Å². The molecule has 1 aliphatic heterocycles. The fraction of sp³-hybridized carbons (Fsp3) is 0.333. The lowest BCUT2D eigenvalue weighted by atomic mass is 9.95. The van der Waals surface area contributed by atoms with Crippen LogP contribution in [-0.2, 0) is 9.53 Å². The molecule has 0 aromatic heterocycles. The first-order chi connectivity index (χ1) is 19.7. The summed E-state index contributed by atoms with van der Waals surface area (Å²) in [4.78, 5) is 24.5. The van der Waals surface area contributed by atoms with E-state index >= 15 is 0 Å². The molecule has 2 aromatic carbocycles. The number of methoxy groups -OCH3 is 2. The quantitative estimate of drug-likeness (QED) is 0.111. The molecule has 2 atom stereocenters. The number of halogens is 1. The van der Waals surface area contributed by atoms with Gasteiger partial charge in [-0.3, -0.25) is 5.43 Å². The average molecular weight is 632 g/mol. The van der Waals surface area contributed by atoms with E-state index in [0.717, 1.165) is 0 Å². The Labute approximate surface area is 245 Å². The maximum Gasteiger partial charge on any atom is 0.337 e. The third-order valence-corrected chi connectivity index (χ3v) is 6.11. The number of carbonyl (C=O) groups excluding carboxylic acids is 2. The topological polar surface area (TPSA) is 173 Å². The first kappa shape index (κ1) is 31.1. The zero-order valence-corrected chi connectivity index (χ0v) is 24.4. The second-order valence-electron chi connectivity index (χ2n) is 8.39. The predicted molar refractivity (Wildman–Crippen MR) is 151 cm³/mol. The second kappa shape index (κ2) is 14.8. The molecule has 0 spiro atoms. The van der Waals surface area contributed by atoms with E-state index < -0.39 is 24.3 Å². The average Bonchev–Trinajstić information content (AvgIpc) is 2.95. The molecule has 218 valence electrons. The largest absolute Gasteiger partial charge is 0.493 e. The molecule has 0 saturated carbocycles. The van der Waals surface area contributed by atoms with Gasteiger partial charge in [-0.05, 0) is 43.7 Å². The Balaban J connectivity index is 1.73. The number of esters is 1. The van der Waals surface area contributed by atoms with Gasteiger partial charge in [-0.25, -0.2) is 9.59 Å². The molecule has 41 heavy (non-hydrogen) atoms. The van der Waals surface area contributed by atoms with Gasteiger partial charge < -0.3 is 39.4 Å². The lowest BCUT2D eigenvalue weighted by Gasteiger charge is -2.28. The SMILES string of the molecule is CCOc1cc([C@H]2NC(=O)NC(C)=C2C(=O)OC)ccc1OC[C@@H](O)N/N=C/c1cc(Br)cc(OC)c1OCC#N. The van der Waals surface area contributed by atoms with Crippen LogP contribution in [0.1, 0.15) is 31.0 Å². The minimum absolute atomic E-state index is 0.187. The van der Waals surface area contributed by atoms with Crippen molar-refractivity contribution in [3.8, 4) is 29.1 Å². The fourth-order valence-corrected chi connectivity index (χ4v) is 4.36. The molecule has 0 saturated heterocycles. The summed E-state index contributed by atoms with van der Waals surface area (Å²) in [6, 6.07) is 9.00. The van der Waals surface area contributed by atoms with Crippen LogP contribution in [0, 0.1) is 11.3 Å². The number of rotatable bonds is 13. The van der Waals surface area contributed by atoms with Gasteiger partial charge in [-0.1, -0.05) is 22.0 Å². The number of benzene rings is 2. The van der Waals surface area contributed by atoms with Crippen LogP contribution in [0.25, 0.3) is 0 Å². The molecule has 14 heteroatoms. The maximum absolute atomic E-state index is 12.4. The van der Waals surface area contributed by atoms with Crippen LogP contribution in [0.3, 0.4) is 0 Å². The minimum Gasteiger partial charge on any atom is -0.493 e. The monoisotopic (exact) mass is 631 g/mol. The summed E-state index contributed by atoms with van der Waals surface area (Å²) in [7, 11) is 2.74. The Morgan fingerprint density at radius 1 is 1.22 bits per heavy atom. The molecule has 3 rings (SSSR count). The number of nitrogens with one attached hydrogen (secondary N) is 3. The number of amides is 2. The Morgan fingerprint density at radius 3 is 2.68 bits per heavy atom. The molecule has 0 unspecified atom stereocenters. The summed E-state index contributed by atoms with van der Waals surface area (Å²) >= 11 is 3.38. The number of allylic oxidation sites excluding steroid dienone is 1. The standard InChI is InChI=1S/C27H30BrN5O8/c1-5-39-20-11-16(24-23(26(35)38-4)15(2)31-27(36)32-24)6-7-19(20)41-14-22(34)33-30-13-17-10-18(28)12-21(37-3)25(17)40-9-8-29/h6-7,10-13,22,24,33-34H,5,9,14H2,1-4H3,(H2,31,32,36)/b30-13+/t22-,24-/m1/s1. The van der Waals surface area contributed by atoms with Crippen molar-refractivity contribution in [2.24, 2.45) is 5.10 Å². The zero-order valence-electron chi connectivity index (χ0n) is 22.8. The number of ether oxygens (including phenoxy) is 5. The number of aliphatic hydroxyl groups is 1. The second-order valence-corrected chi connectivity index (χ2v) is 9.30. The highest BCUT2D eigenvalue weighted by Gasteiger charge is 2.32. The van der Waals surface area contributed by atoms with E-state index in [1.807, 2.05) is 6.07 Å². The van der Waals surface area contributed by atoms with Crippen LogP contribution in [0.2, 0.25) is 0 Å². The lowest BCUT2D eigenvalue weighted by Crippen LogP contribution is -2.45. The molecule has 2 aromatic rings. The van der Waals surface area contributed by atoms with Gasteiger partial charge in [0, 0.05) is 15.7 Å². The van der Waals surface area contributed by atoms with Gasteiger partial charge in [0.25, 0.3) is 0 Å². The van der Waals surface area contributed by atoms with Crippen LogP contribution in [0.5, 0.6) is 23.0 Å². The normalized spacial score (nSPS) is 15.3. The number of nitrogens with zero attached hydrogens (tertiary/aromatic N) is 2. The molecule has 0 aliphatic carbocycles. The van der Waals surface area contributed by atoms with E-state index in [0.29, 0.717) is 50.9 Å². The van der Waals surface area contributed by atoms with Crippen molar-refractivity contribution in [3.05, 3.63) is 57.2 Å². The van der Waals surface area contributed by atoms with Crippen molar-refractivity contribution >= 4 is 34.1 Å². The van der Waals surface area contributed by atoms with Gasteiger partial charge in [0.05, 0.1) is 38.7 Å². The summed E-state index contributed by atoms with van der Waals surface area (Å²) in [6.07, 6.45) is 0.198. The Hall–Kier alpha value is -4.48. The van der Waals surface area contributed by atoms with E-state index in [2.05, 4.69) is 37.1 Å². The summed E-state index contributed by atoms with van der Waals surface area (Å²) in [5.41, 5.74) is 4.26. The molecule has 1 aliphatic rings. The Kier molecular flexibility index (Phi) is 11.2. The third kappa shape index (κ3) is 8.03. The molecule has 0 fully saturated rings. The molecule has 2 amide bonds. The minimum atomic E-state index is -1.21. The summed E-state index contributed by atoms with van der Waals surface area (Å²) in [5, 5.41) is 28.6. The van der Waals surface area contributed by atoms with Crippen molar-refractivity contribution in [2.45, 2.75) is 26.1 Å². The molecular formula is C27H30BrN5O8. The van der Waals surface area contributed by atoms with Crippen LogP contribution >= 0.6 is 15.9 Å². The van der Waals surface area contributed by atoms with Crippen molar-refractivity contribution in [3.63, 3.8) is 0 Å². The van der Waals surface area contributed by atoms with Gasteiger partial charge in [0.15, 0.2) is 35.8 Å². The summed E-state index contributed by atoms with van der Waals surface area (Å²) in [6.45, 7) is 3.33. The first-order valence-electron chi connectivity index (χ1n) is 12.3. The number of carbonyl (C=O) groups is 2. The first-order valence-corrected chi connectivity index (χ1v) is 13.1. The van der Waals surface area contributed by atoms with Crippen molar-refractivity contribution in [2.75, 3.05) is 34.0 Å². The molecule has 0 radical (unpaired) electrons. The fourth-order valence-electron chi connectivity index (χ4n) is 3.91. The number of hydrogen-bond acceptors (Lipinski definition) is 11. The van der Waals surface area contributed by atoms with E-state index in [4.69, 9.17) is 28.9 Å². The maximum atomic E-state index is 12.4. The zero-order chi connectivity index (χ0) is 29.9. The van der Waals surface area contributed by atoms with E-state index in [1.165, 1.54) is 20.4 Å². The smallest absolute Gasteiger partial charge is 0.337 e. The summed E-state index contributed by atoms with van der Waals surface area (Å²) in [5.74, 6) is 0.805. The van der Waals surface area contributed by atoms with E-state index in [9.17, 15) is 14.7 Å². The highest BCUT2D eigenvalue weighted by molar-refractivity contribution is 9.10. The number of aliphatic hydroxyl groups excluding tert-OH is 1. The van der Waals surface area contributed by atoms with Crippen LogP contribution in [0.15, 0.2) is 51.2 Å². The number of hydrogen-bond donors (Lipinski definition) is 4. The molecule has 1 heterocycles. The molecular weight excluding hydrogens is 602 g/mol. The van der Waals surface area contributed by atoms with Crippen molar-refractivity contribution in [1.82, 2.24) is 16.1 Å². The number of nitriles is 1. The van der Waals surface area contributed by atoms with Crippen molar-refractivity contribution < 1.29 is 38.4 Å². The van der Waals surface area contributed by atoms with Gasteiger partial charge in [0.1, 0.15) is 12.7 Å². The predicted octanol–water partition coefficient (Wildman–Crippen LogP) is 2.88. The van der Waals surface area contributed by atoms with Crippen LogP contribution in [0.4, 0.5) is 4.79 Å². The van der Waals surface area contributed by atoms with Gasteiger partial charge in [-0.15, -0.1) is 0 Å². The van der Waals surface area contributed by atoms with Gasteiger partial charge in [-0.2, -0.15) is 10.4 Å². The van der Waals surface area contributed by atoms with Gasteiger partial charge >= 0.3 is 12.0 Å². The third-order valence-electron chi connectivity index (χ3n) is 5.65. The Morgan fingerprint density at radius 2 is 2.00 bits per heavy atom. The van der Waals surface area contributed by atoms with E-state index in [-0.39, 0.29) is 18.8 Å². The Bertz CT molecular complexity index is 1370. The number of hydrazone groups is 1. The lowest BCUT2D eigenvalue weighted by molar-refractivity contribution is -0.136.